The van der Waals surface area contributed by atoms with E-state index in [-0.39, 0.29) is 6.04 Å². The van der Waals surface area contributed by atoms with Crippen LogP contribution in [-0.4, -0.2) is 17.6 Å². The van der Waals surface area contributed by atoms with Crippen LogP contribution in [0.3, 0.4) is 0 Å². The summed E-state index contributed by atoms with van der Waals surface area (Å²) in [5.41, 5.74) is 11.3. The second-order valence-electron chi connectivity index (χ2n) is 3.60. The second kappa shape index (κ2) is 6.24. The van der Waals surface area contributed by atoms with Crippen molar-refractivity contribution in [3.05, 3.63) is 18.3 Å². The van der Waals surface area contributed by atoms with Gasteiger partial charge in [0.1, 0.15) is 11.6 Å². The summed E-state index contributed by atoms with van der Waals surface area (Å²) < 4.78 is 5.48. The van der Waals surface area contributed by atoms with Gasteiger partial charge < -0.3 is 16.2 Å². The van der Waals surface area contributed by atoms with Crippen LogP contribution in [0.5, 0.6) is 5.75 Å². The lowest BCUT2D eigenvalue weighted by atomic mass is 10.1. The molecule has 4 heteroatoms. The molecule has 0 saturated carbocycles. The van der Waals surface area contributed by atoms with E-state index < -0.39 is 0 Å². The normalized spacial score (nSPS) is 12.4. The average Bonchev–Trinajstić information content (AvgIpc) is 2.21. The summed E-state index contributed by atoms with van der Waals surface area (Å²) in [4.78, 5) is 3.93. The maximum absolute atomic E-state index is 5.86. The minimum Gasteiger partial charge on any atom is -0.492 e. The topological polar surface area (TPSA) is 74.2 Å². The van der Waals surface area contributed by atoms with Crippen molar-refractivity contribution < 1.29 is 4.74 Å². The fraction of sp³-hybridized carbons (Fsp3) is 0.545. The molecule has 4 nitrogen and oxygen atoms in total. The van der Waals surface area contributed by atoms with Crippen LogP contribution >= 0.6 is 0 Å². The molecule has 1 unspecified atom stereocenters. The molecule has 84 valence electrons. The molecule has 0 aliphatic rings. The Labute approximate surface area is 90.6 Å². The molecule has 0 bridgehead atoms. The molecular weight excluding hydrogens is 190 g/mol. The maximum atomic E-state index is 5.86. The summed E-state index contributed by atoms with van der Waals surface area (Å²) in [5, 5.41) is 0. The Kier molecular flexibility index (Phi) is 4.90. The predicted molar refractivity (Wildman–Crippen MR) is 61.6 cm³/mol. The van der Waals surface area contributed by atoms with Gasteiger partial charge in [0.2, 0.25) is 0 Å². The van der Waals surface area contributed by atoms with E-state index in [0.29, 0.717) is 12.4 Å². The van der Waals surface area contributed by atoms with Crippen molar-refractivity contribution in [1.82, 2.24) is 4.98 Å². The third-order valence-corrected chi connectivity index (χ3v) is 2.18. The standard InChI is InChI=1S/C11H19N3O/c1-2-3-9(12)6-7-15-10-4-5-11(13)14-8-10/h4-5,8-9H,2-3,6-7,12H2,1H3,(H2,13,14). The molecule has 0 aliphatic heterocycles. The molecular formula is C11H19N3O. The van der Waals surface area contributed by atoms with Gasteiger partial charge in [0.05, 0.1) is 12.8 Å². The summed E-state index contributed by atoms with van der Waals surface area (Å²) in [7, 11) is 0. The van der Waals surface area contributed by atoms with E-state index in [1.165, 1.54) is 0 Å². The van der Waals surface area contributed by atoms with Crippen LogP contribution < -0.4 is 16.2 Å². The van der Waals surface area contributed by atoms with Crippen LogP contribution in [0.1, 0.15) is 26.2 Å². The highest BCUT2D eigenvalue weighted by Crippen LogP contribution is 2.10. The number of hydrogen-bond acceptors (Lipinski definition) is 4. The van der Waals surface area contributed by atoms with Crippen LogP contribution in [0.4, 0.5) is 5.82 Å². The van der Waals surface area contributed by atoms with Gasteiger partial charge >= 0.3 is 0 Å². The smallest absolute Gasteiger partial charge is 0.137 e. The van der Waals surface area contributed by atoms with Crippen LogP contribution in [0.25, 0.3) is 0 Å². The zero-order valence-corrected chi connectivity index (χ0v) is 9.15. The molecule has 0 aromatic carbocycles. The molecule has 1 aromatic heterocycles. The minimum absolute atomic E-state index is 0.233. The van der Waals surface area contributed by atoms with Crippen molar-refractivity contribution >= 4 is 5.82 Å². The Hall–Kier alpha value is -1.29. The van der Waals surface area contributed by atoms with Gasteiger partial charge in [0.15, 0.2) is 0 Å². The molecule has 4 N–H and O–H groups in total. The van der Waals surface area contributed by atoms with E-state index in [0.717, 1.165) is 25.0 Å². The first-order valence-corrected chi connectivity index (χ1v) is 5.32. The zero-order valence-electron chi connectivity index (χ0n) is 9.15. The van der Waals surface area contributed by atoms with E-state index in [1.54, 1.807) is 12.3 Å². The van der Waals surface area contributed by atoms with Gasteiger partial charge in [-0.1, -0.05) is 13.3 Å². The van der Waals surface area contributed by atoms with Crippen molar-refractivity contribution in [3.8, 4) is 5.75 Å². The number of nitrogens with two attached hydrogens (primary N) is 2. The first-order valence-electron chi connectivity index (χ1n) is 5.32. The van der Waals surface area contributed by atoms with Crippen molar-refractivity contribution in [3.63, 3.8) is 0 Å². The third-order valence-electron chi connectivity index (χ3n) is 2.18. The number of pyridine rings is 1. The number of aromatic nitrogens is 1. The van der Waals surface area contributed by atoms with Crippen LogP contribution in [-0.2, 0) is 0 Å². The first-order chi connectivity index (χ1) is 7.22. The van der Waals surface area contributed by atoms with Crippen LogP contribution in [0.15, 0.2) is 18.3 Å². The first kappa shape index (κ1) is 11.8. The van der Waals surface area contributed by atoms with Crippen molar-refractivity contribution in [2.75, 3.05) is 12.3 Å². The number of nitrogen functional groups attached to an aromatic ring is 1. The fourth-order valence-electron chi connectivity index (χ4n) is 1.32. The fourth-order valence-corrected chi connectivity index (χ4v) is 1.32. The summed E-state index contributed by atoms with van der Waals surface area (Å²) >= 11 is 0. The largest absolute Gasteiger partial charge is 0.492 e. The summed E-state index contributed by atoms with van der Waals surface area (Å²) in [6, 6.07) is 3.77. The SMILES string of the molecule is CCCC(N)CCOc1ccc(N)nc1. The van der Waals surface area contributed by atoms with E-state index in [9.17, 15) is 0 Å². The molecule has 1 heterocycles. The van der Waals surface area contributed by atoms with Gasteiger partial charge in [-0.15, -0.1) is 0 Å². The number of ether oxygens (including phenoxy) is 1. The van der Waals surface area contributed by atoms with Crippen molar-refractivity contribution in [2.45, 2.75) is 32.2 Å². The van der Waals surface area contributed by atoms with Crippen LogP contribution in [0, 0.1) is 0 Å². The lowest BCUT2D eigenvalue weighted by Crippen LogP contribution is -2.22. The monoisotopic (exact) mass is 209 g/mol. The highest BCUT2D eigenvalue weighted by atomic mass is 16.5. The van der Waals surface area contributed by atoms with E-state index in [1.807, 2.05) is 6.07 Å². The van der Waals surface area contributed by atoms with Gasteiger partial charge in [0.25, 0.3) is 0 Å². The van der Waals surface area contributed by atoms with Gasteiger partial charge in [0, 0.05) is 6.04 Å². The molecule has 0 radical (unpaired) electrons. The van der Waals surface area contributed by atoms with Gasteiger partial charge in [-0.05, 0) is 25.0 Å². The highest BCUT2D eigenvalue weighted by molar-refractivity contribution is 5.31. The average molecular weight is 209 g/mol. The lowest BCUT2D eigenvalue weighted by molar-refractivity contribution is 0.293. The van der Waals surface area contributed by atoms with E-state index >= 15 is 0 Å². The van der Waals surface area contributed by atoms with Crippen molar-refractivity contribution in [1.29, 1.82) is 0 Å². The molecule has 1 aromatic rings. The summed E-state index contributed by atoms with van der Waals surface area (Å²) in [6.07, 6.45) is 4.66. The predicted octanol–water partition coefficient (Wildman–Crippen LogP) is 1.56. The number of rotatable bonds is 6. The molecule has 0 aliphatic carbocycles. The lowest BCUT2D eigenvalue weighted by Gasteiger charge is -2.11. The van der Waals surface area contributed by atoms with Gasteiger partial charge in [-0.2, -0.15) is 0 Å². The summed E-state index contributed by atoms with van der Waals surface area (Å²) in [6.45, 7) is 2.76. The molecule has 0 spiro atoms. The van der Waals surface area contributed by atoms with Gasteiger partial charge in [-0.3, -0.25) is 0 Å². The second-order valence-corrected chi connectivity index (χ2v) is 3.60. The molecule has 0 fully saturated rings. The van der Waals surface area contributed by atoms with E-state index in [2.05, 4.69) is 11.9 Å². The number of anilines is 1. The molecule has 15 heavy (non-hydrogen) atoms. The Morgan fingerprint density at radius 1 is 1.40 bits per heavy atom. The number of nitrogens with zero attached hydrogens (tertiary/aromatic N) is 1. The highest BCUT2D eigenvalue weighted by Gasteiger charge is 2.01. The van der Waals surface area contributed by atoms with E-state index in [4.69, 9.17) is 16.2 Å². The summed E-state index contributed by atoms with van der Waals surface area (Å²) in [5.74, 6) is 1.25. The molecule has 0 amide bonds. The molecule has 1 rings (SSSR count). The molecule has 1 atom stereocenters. The Morgan fingerprint density at radius 2 is 2.20 bits per heavy atom. The molecule has 0 saturated heterocycles. The Bertz CT molecular complexity index is 274. The quantitative estimate of drug-likeness (QED) is 0.745. The minimum atomic E-state index is 0.233. The zero-order chi connectivity index (χ0) is 11.1. The van der Waals surface area contributed by atoms with Gasteiger partial charge in [-0.25, -0.2) is 4.98 Å². The van der Waals surface area contributed by atoms with Crippen LogP contribution in [0.2, 0.25) is 0 Å². The number of hydrogen-bond donors (Lipinski definition) is 2. The van der Waals surface area contributed by atoms with Crippen molar-refractivity contribution in [2.24, 2.45) is 5.73 Å². The maximum Gasteiger partial charge on any atom is 0.137 e. The Morgan fingerprint density at radius 3 is 2.80 bits per heavy atom. The Balaban J connectivity index is 2.22. The third kappa shape index (κ3) is 4.65.